The zero-order valence-electron chi connectivity index (χ0n) is 11.4. The number of aryl methyl sites for hydroxylation is 1. The minimum absolute atomic E-state index is 0.529. The summed E-state index contributed by atoms with van der Waals surface area (Å²) in [6.45, 7) is 1.03. The summed E-state index contributed by atoms with van der Waals surface area (Å²) in [6.07, 6.45) is 3.91. The number of fused-ring (bicyclic) bond motifs is 1. The van der Waals surface area contributed by atoms with Crippen molar-refractivity contribution >= 4 is 5.69 Å². The molecule has 0 saturated carbocycles. The highest BCUT2D eigenvalue weighted by molar-refractivity contribution is 5.55. The van der Waals surface area contributed by atoms with Crippen LogP contribution in [0.5, 0.6) is 5.75 Å². The van der Waals surface area contributed by atoms with Gasteiger partial charge < -0.3 is 10.1 Å². The molecular weight excluding hydrogens is 238 g/mol. The predicted molar refractivity (Wildman–Crippen MR) is 75.8 cm³/mol. The average molecular weight is 257 g/mol. The van der Waals surface area contributed by atoms with Crippen molar-refractivity contribution in [2.75, 3.05) is 19.0 Å². The lowest BCUT2D eigenvalue weighted by molar-refractivity contribution is 0.405. The molecule has 4 heteroatoms. The van der Waals surface area contributed by atoms with Gasteiger partial charge in [0.05, 0.1) is 19.0 Å². The summed E-state index contributed by atoms with van der Waals surface area (Å²) >= 11 is 0. The van der Waals surface area contributed by atoms with E-state index in [1.54, 1.807) is 13.3 Å². The number of hydrogen-bond donors (Lipinski definition) is 1. The topological polar surface area (TPSA) is 39.1 Å². The van der Waals surface area contributed by atoms with E-state index in [-0.39, 0.29) is 0 Å². The Morgan fingerprint density at radius 2 is 2.26 bits per heavy atom. The van der Waals surface area contributed by atoms with Gasteiger partial charge in [-0.3, -0.25) is 4.68 Å². The van der Waals surface area contributed by atoms with Gasteiger partial charge in [-0.2, -0.15) is 5.10 Å². The molecule has 2 heterocycles. The van der Waals surface area contributed by atoms with Gasteiger partial charge in [-0.05, 0) is 24.0 Å². The van der Waals surface area contributed by atoms with Gasteiger partial charge in [-0.25, -0.2) is 0 Å². The molecule has 1 aromatic heterocycles. The van der Waals surface area contributed by atoms with Gasteiger partial charge >= 0.3 is 0 Å². The molecule has 0 radical (unpaired) electrons. The summed E-state index contributed by atoms with van der Waals surface area (Å²) < 4.78 is 7.32. The van der Waals surface area contributed by atoms with Crippen LogP contribution >= 0.6 is 0 Å². The highest BCUT2D eigenvalue weighted by Gasteiger charge is 2.22. The third-order valence-corrected chi connectivity index (χ3v) is 3.89. The standard InChI is InChI=1S/C15H19N3O/c1-18-14(15(19-2)10-17-18)9-11-7-8-16-13-6-4-3-5-12(11)13/h3-6,10-11,16H,7-9H2,1-2H3. The van der Waals surface area contributed by atoms with Crippen molar-refractivity contribution in [3.8, 4) is 5.75 Å². The second-order valence-corrected chi connectivity index (χ2v) is 4.99. The summed E-state index contributed by atoms with van der Waals surface area (Å²) in [5, 5.41) is 7.75. The molecule has 1 aliphatic heterocycles. The Hall–Kier alpha value is -1.97. The molecule has 0 spiro atoms. The Bertz CT molecular complexity index is 577. The molecule has 1 aromatic carbocycles. The van der Waals surface area contributed by atoms with Crippen LogP contribution in [-0.2, 0) is 13.5 Å². The summed E-state index contributed by atoms with van der Waals surface area (Å²) in [6, 6.07) is 8.56. The molecule has 2 aromatic rings. The Balaban J connectivity index is 1.90. The average Bonchev–Trinajstić information content (AvgIpc) is 2.80. The summed E-state index contributed by atoms with van der Waals surface area (Å²) in [4.78, 5) is 0. The zero-order valence-corrected chi connectivity index (χ0v) is 11.4. The number of anilines is 1. The Morgan fingerprint density at radius 3 is 3.11 bits per heavy atom. The highest BCUT2D eigenvalue weighted by atomic mass is 16.5. The van der Waals surface area contributed by atoms with Crippen LogP contribution in [0.2, 0.25) is 0 Å². The molecule has 1 aliphatic rings. The highest BCUT2D eigenvalue weighted by Crippen LogP contribution is 2.35. The number of benzene rings is 1. The molecule has 19 heavy (non-hydrogen) atoms. The van der Waals surface area contributed by atoms with Crippen LogP contribution in [0, 0.1) is 0 Å². The van der Waals surface area contributed by atoms with Crippen LogP contribution in [-0.4, -0.2) is 23.4 Å². The van der Waals surface area contributed by atoms with E-state index in [2.05, 4.69) is 34.7 Å². The zero-order chi connectivity index (χ0) is 13.2. The Labute approximate surface area is 113 Å². The van der Waals surface area contributed by atoms with E-state index in [1.165, 1.54) is 16.9 Å². The second kappa shape index (κ2) is 4.96. The monoisotopic (exact) mass is 257 g/mol. The fourth-order valence-electron chi connectivity index (χ4n) is 2.84. The van der Waals surface area contributed by atoms with Crippen LogP contribution in [0.3, 0.4) is 0 Å². The lowest BCUT2D eigenvalue weighted by Crippen LogP contribution is -2.19. The van der Waals surface area contributed by atoms with E-state index >= 15 is 0 Å². The Kier molecular flexibility index (Phi) is 3.15. The first-order valence-corrected chi connectivity index (χ1v) is 6.67. The van der Waals surface area contributed by atoms with Gasteiger partial charge in [0.1, 0.15) is 0 Å². The largest absolute Gasteiger partial charge is 0.493 e. The van der Waals surface area contributed by atoms with Gasteiger partial charge in [-0.1, -0.05) is 18.2 Å². The molecule has 0 amide bonds. The predicted octanol–water partition coefficient (Wildman–Crippen LogP) is 2.57. The van der Waals surface area contributed by atoms with Crippen molar-refractivity contribution in [3.05, 3.63) is 41.7 Å². The number of para-hydroxylation sites is 1. The van der Waals surface area contributed by atoms with E-state index in [0.29, 0.717) is 5.92 Å². The number of methoxy groups -OCH3 is 1. The molecule has 1 atom stereocenters. The van der Waals surface area contributed by atoms with Crippen molar-refractivity contribution in [1.82, 2.24) is 9.78 Å². The molecule has 0 fully saturated rings. The maximum Gasteiger partial charge on any atom is 0.159 e. The molecule has 1 N–H and O–H groups in total. The number of aromatic nitrogens is 2. The first-order chi connectivity index (χ1) is 9.29. The smallest absolute Gasteiger partial charge is 0.159 e. The quantitative estimate of drug-likeness (QED) is 0.918. The van der Waals surface area contributed by atoms with Crippen LogP contribution in [0.15, 0.2) is 30.5 Å². The first-order valence-electron chi connectivity index (χ1n) is 6.67. The van der Waals surface area contributed by atoms with Crippen LogP contribution < -0.4 is 10.1 Å². The van der Waals surface area contributed by atoms with Gasteiger partial charge in [-0.15, -0.1) is 0 Å². The Morgan fingerprint density at radius 1 is 1.42 bits per heavy atom. The molecule has 4 nitrogen and oxygen atoms in total. The molecule has 100 valence electrons. The lowest BCUT2D eigenvalue weighted by Gasteiger charge is -2.26. The molecule has 0 aliphatic carbocycles. The van der Waals surface area contributed by atoms with Gasteiger partial charge in [0, 0.05) is 25.7 Å². The maximum absolute atomic E-state index is 5.40. The normalized spacial score (nSPS) is 17.7. The van der Waals surface area contributed by atoms with Crippen molar-refractivity contribution < 1.29 is 4.74 Å². The van der Waals surface area contributed by atoms with Crippen molar-refractivity contribution in [1.29, 1.82) is 0 Å². The number of ether oxygens (including phenoxy) is 1. The van der Waals surface area contributed by atoms with Gasteiger partial charge in [0.15, 0.2) is 5.75 Å². The minimum atomic E-state index is 0.529. The van der Waals surface area contributed by atoms with Gasteiger partial charge in [0.2, 0.25) is 0 Å². The molecule has 3 rings (SSSR count). The number of nitrogens with zero attached hydrogens (tertiary/aromatic N) is 2. The number of nitrogens with one attached hydrogen (secondary N) is 1. The fraction of sp³-hybridized carbons (Fsp3) is 0.400. The summed E-state index contributed by atoms with van der Waals surface area (Å²) in [7, 11) is 3.68. The lowest BCUT2D eigenvalue weighted by atomic mass is 9.87. The maximum atomic E-state index is 5.40. The van der Waals surface area contributed by atoms with Crippen molar-refractivity contribution in [2.45, 2.75) is 18.8 Å². The molecule has 0 saturated heterocycles. The summed E-state index contributed by atoms with van der Waals surface area (Å²) in [5.41, 5.74) is 3.83. The minimum Gasteiger partial charge on any atom is -0.493 e. The molecular formula is C15H19N3O. The van der Waals surface area contributed by atoms with Crippen LogP contribution in [0.1, 0.15) is 23.6 Å². The third-order valence-electron chi connectivity index (χ3n) is 3.89. The van der Waals surface area contributed by atoms with E-state index in [4.69, 9.17) is 4.74 Å². The third kappa shape index (κ3) is 2.18. The second-order valence-electron chi connectivity index (χ2n) is 4.99. The SMILES string of the molecule is COc1cnn(C)c1CC1CCNc2ccccc21. The fourth-order valence-corrected chi connectivity index (χ4v) is 2.84. The van der Waals surface area contributed by atoms with E-state index < -0.39 is 0 Å². The number of rotatable bonds is 3. The molecule has 0 bridgehead atoms. The first kappa shape index (κ1) is 12.1. The van der Waals surface area contributed by atoms with Gasteiger partial charge in [0.25, 0.3) is 0 Å². The molecule has 1 unspecified atom stereocenters. The van der Waals surface area contributed by atoms with E-state index in [1.807, 2.05) is 11.7 Å². The van der Waals surface area contributed by atoms with E-state index in [0.717, 1.165) is 25.1 Å². The van der Waals surface area contributed by atoms with Crippen molar-refractivity contribution in [2.24, 2.45) is 7.05 Å². The van der Waals surface area contributed by atoms with Crippen LogP contribution in [0.25, 0.3) is 0 Å². The van der Waals surface area contributed by atoms with Crippen molar-refractivity contribution in [3.63, 3.8) is 0 Å². The number of hydrogen-bond acceptors (Lipinski definition) is 3. The van der Waals surface area contributed by atoms with Crippen LogP contribution in [0.4, 0.5) is 5.69 Å². The van der Waals surface area contributed by atoms with E-state index in [9.17, 15) is 0 Å². The summed E-state index contributed by atoms with van der Waals surface area (Å²) in [5.74, 6) is 1.42.